The van der Waals surface area contributed by atoms with Crippen molar-refractivity contribution in [3.63, 3.8) is 0 Å². The van der Waals surface area contributed by atoms with E-state index in [4.69, 9.17) is 4.74 Å². The SMILES string of the molecule is Brc1cc(C=NNc2ccccn2)ccc1OCc1ccccc1. The molecule has 3 aromatic rings. The van der Waals surface area contributed by atoms with Crippen molar-refractivity contribution < 1.29 is 4.74 Å². The molecule has 0 aliphatic heterocycles. The Hall–Kier alpha value is -2.66. The molecule has 0 aliphatic rings. The third-order valence-electron chi connectivity index (χ3n) is 3.25. The lowest BCUT2D eigenvalue weighted by Gasteiger charge is -2.08. The van der Waals surface area contributed by atoms with Crippen molar-refractivity contribution in [1.82, 2.24) is 4.98 Å². The first-order valence-electron chi connectivity index (χ1n) is 7.48. The molecule has 1 heterocycles. The van der Waals surface area contributed by atoms with Crippen LogP contribution in [0.25, 0.3) is 0 Å². The molecule has 0 saturated carbocycles. The van der Waals surface area contributed by atoms with E-state index < -0.39 is 0 Å². The number of benzene rings is 2. The van der Waals surface area contributed by atoms with Crippen molar-refractivity contribution in [3.8, 4) is 5.75 Å². The molecule has 0 atom stereocenters. The highest BCUT2D eigenvalue weighted by Crippen LogP contribution is 2.26. The normalized spacial score (nSPS) is 10.7. The summed E-state index contributed by atoms with van der Waals surface area (Å²) in [7, 11) is 0. The fourth-order valence-electron chi connectivity index (χ4n) is 2.05. The van der Waals surface area contributed by atoms with Gasteiger partial charge in [0.15, 0.2) is 0 Å². The fourth-order valence-corrected chi connectivity index (χ4v) is 2.56. The molecular weight excluding hydrogens is 366 g/mol. The molecule has 0 unspecified atom stereocenters. The summed E-state index contributed by atoms with van der Waals surface area (Å²) in [6.07, 6.45) is 3.45. The number of nitrogens with zero attached hydrogens (tertiary/aromatic N) is 2. The third kappa shape index (κ3) is 4.67. The Morgan fingerprint density at radius 3 is 2.62 bits per heavy atom. The maximum absolute atomic E-state index is 5.83. The number of halogens is 1. The summed E-state index contributed by atoms with van der Waals surface area (Å²) in [5.41, 5.74) is 4.98. The molecule has 0 bridgehead atoms. The number of pyridine rings is 1. The molecule has 1 N–H and O–H groups in total. The summed E-state index contributed by atoms with van der Waals surface area (Å²) in [4.78, 5) is 4.14. The van der Waals surface area contributed by atoms with Gasteiger partial charge in [-0.25, -0.2) is 4.98 Å². The van der Waals surface area contributed by atoms with E-state index in [0.717, 1.165) is 21.3 Å². The average molecular weight is 382 g/mol. The highest BCUT2D eigenvalue weighted by molar-refractivity contribution is 9.10. The van der Waals surface area contributed by atoms with Gasteiger partial charge in [-0.2, -0.15) is 5.10 Å². The van der Waals surface area contributed by atoms with Gasteiger partial charge in [0.05, 0.1) is 10.7 Å². The Morgan fingerprint density at radius 1 is 1.04 bits per heavy atom. The Bertz CT molecular complexity index is 807. The minimum Gasteiger partial charge on any atom is -0.488 e. The molecule has 2 aromatic carbocycles. The van der Waals surface area contributed by atoms with Crippen molar-refractivity contribution in [2.75, 3.05) is 5.43 Å². The minimum atomic E-state index is 0.536. The largest absolute Gasteiger partial charge is 0.488 e. The van der Waals surface area contributed by atoms with Gasteiger partial charge in [0.1, 0.15) is 18.2 Å². The van der Waals surface area contributed by atoms with Gasteiger partial charge in [0.25, 0.3) is 0 Å². The van der Waals surface area contributed by atoms with Crippen LogP contribution in [0.15, 0.2) is 82.5 Å². The van der Waals surface area contributed by atoms with Gasteiger partial charge in [-0.1, -0.05) is 36.4 Å². The van der Waals surface area contributed by atoms with Crippen LogP contribution in [0.3, 0.4) is 0 Å². The van der Waals surface area contributed by atoms with Crippen molar-refractivity contribution >= 4 is 28.0 Å². The number of ether oxygens (including phenoxy) is 1. The number of anilines is 1. The van der Waals surface area contributed by atoms with Gasteiger partial charge < -0.3 is 4.74 Å². The monoisotopic (exact) mass is 381 g/mol. The van der Waals surface area contributed by atoms with Gasteiger partial charge in [-0.3, -0.25) is 5.43 Å². The van der Waals surface area contributed by atoms with E-state index in [2.05, 4.69) is 31.4 Å². The maximum Gasteiger partial charge on any atom is 0.146 e. The lowest BCUT2D eigenvalue weighted by molar-refractivity contribution is 0.304. The zero-order valence-corrected chi connectivity index (χ0v) is 14.5. The Kier molecular flexibility index (Phi) is 5.58. The maximum atomic E-state index is 5.83. The number of rotatable bonds is 6. The van der Waals surface area contributed by atoms with Crippen LogP contribution in [0.2, 0.25) is 0 Å². The van der Waals surface area contributed by atoms with Crippen molar-refractivity contribution in [2.24, 2.45) is 5.10 Å². The lowest BCUT2D eigenvalue weighted by Crippen LogP contribution is -1.97. The van der Waals surface area contributed by atoms with Crippen LogP contribution in [0.5, 0.6) is 5.75 Å². The average Bonchev–Trinajstić information content (AvgIpc) is 2.63. The van der Waals surface area contributed by atoms with E-state index >= 15 is 0 Å². The molecule has 5 heteroatoms. The second-order valence-electron chi connectivity index (χ2n) is 5.05. The molecule has 3 rings (SSSR count). The number of hydrogen-bond donors (Lipinski definition) is 1. The standard InChI is InChI=1S/C19H16BrN3O/c20-17-12-16(13-22-23-19-8-4-5-11-21-19)9-10-18(17)24-14-15-6-2-1-3-7-15/h1-13H,14H2,(H,21,23). The topological polar surface area (TPSA) is 46.5 Å². The summed E-state index contributed by atoms with van der Waals surface area (Å²) in [5.74, 6) is 1.50. The van der Waals surface area contributed by atoms with Gasteiger partial charge in [0, 0.05) is 6.20 Å². The number of nitrogens with one attached hydrogen (secondary N) is 1. The van der Waals surface area contributed by atoms with Crippen LogP contribution in [-0.2, 0) is 6.61 Å². The highest BCUT2D eigenvalue weighted by Gasteiger charge is 2.02. The fraction of sp³-hybridized carbons (Fsp3) is 0.0526. The Labute approximate surface area is 149 Å². The minimum absolute atomic E-state index is 0.536. The first-order valence-corrected chi connectivity index (χ1v) is 8.27. The van der Waals surface area contributed by atoms with Crippen LogP contribution in [0, 0.1) is 0 Å². The van der Waals surface area contributed by atoms with Crippen LogP contribution in [0.1, 0.15) is 11.1 Å². The quantitative estimate of drug-likeness (QED) is 0.489. The first-order chi connectivity index (χ1) is 11.8. The number of hydrazone groups is 1. The van der Waals surface area contributed by atoms with E-state index in [1.807, 2.05) is 66.7 Å². The van der Waals surface area contributed by atoms with E-state index in [1.54, 1.807) is 12.4 Å². The molecule has 0 saturated heterocycles. The van der Waals surface area contributed by atoms with Crippen molar-refractivity contribution in [1.29, 1.82) is 0 Å². The molecular formula is C19H16BrN3O. The number of hydrogen-bond acceptors (Lipinski definition) is 4. The molecule has 120 valence electrons. The van der Waals surface area contributed by atoms with Gasteiger partial charge in [-0.15, -0.1) is 0 Å². The molecule has 0 aliphatic carbocycles. The van der Waals surface area contributed by atoms with Crippen molar-refractivity contribution in [2.45, 2.75) is 6.61 Å². The van der Waals surface area contributed by atoms with Crippen LogP contribution < -0.4 is 10.2 Å². The molecule has 1 aromatic heterocycles. The molecule has 0 amide bonds. The van der Waals surface area contributed by atoms with Crippen LogP contribution in [-0.4, -0.2) is 11.2 Å². The molecule has 0 radical (unpaired) electrons. The summed E-state index contributed by atoms with van der Waals surface area (Å²) < 4.78 is 6.72. The van der Waals surface area contributed by atoms with Crippen molar-refractivity contribution in [3.05, 3.63) is 88.5 Å². The Morgan fingerprint density at radius 2 is 1.88 bits per heavy atom. The van der Waals surface area contributed by atoms with Gasteiger partial charge >= 0.3 is 0 Å². The zero-order chi connectivity index (χ0) is 16.6. The molecule has 4 nitrogen and oxygen atoms in total. The van der Waals surface area contributed by atoms with E-state index in [0.29, 0.717) is 12.4 Å². The summed E-state index contributed by atoms with van der Waals surface area (Å²) >= 11 is 3.54. The second-order valence-corrected chi connectivity index (χ2v) is 5.90. The Balaban J connectivity index is 1.60. The molecule has 0 spiro atoms. The van der Waals surface area contributed by atoms with E-state index in [9.17, 15) is 0 Å². The third-order valence-corrected chi connectivity index (χ3v) is 3.87. The van der Waals surface area contributed by atoms with Gasteiger partial charge in [0.2, 0.25) is 0 Å². The molecule has 24 heavy (non-hydrogen) atoms. The first kappa shape index (κ1) is 16.2. The number of aromatic nitrogens is 1. The van der Waals surface area contributed by atoms with E-state index in [-0.39, 0.29) is 0 Å². The zero-order valence-electron chi connectivity index (χ0n) is 12.9. The summed E-state index contributed by atoms with van der Waals surface area (Å²) in [6.45, 7) is 0.536. The lowest BCUT2D eigenvalue weighted by atomic mass is 10.2. The highest BCUT2D eigenvalue weighted by atomic mass is 79.9. The predicted octanol–water partition coefficient (Wildman–Crippen LogP) is 4.87. The van der Waals surface area contributed by atoms with Crippen LogP contribution in [0.4, 0.5) is 5.82 Å². The van der Waals surface area contributed by atoms with Crippen LogP contribution >= 0.6 is 15.9 Å². The smallest absolute Gasteiger partial charge is 0.146 e. The predicted molar refractivity (Wildman–Crippen MR) is 100 cm³/mol. The second kappa shape index (κ2) is 8.26. The summed E-state index contributed by atoms with van der Waals surface area (Å²) in [6, 6.07) is 21.5. The summed E-state index contributed by atoms with van der Waals surface area (Å²) in [5, 5.41) is 4.18. The molecule has 0 fully saturated rings. The van der Waals surface area contributed by atoms with E-state index in [1.165, 1.54) is 0 Å². The van der Waals surface area contributed by atoms with Gasteiger partial charge in [-0.05, 0) is 57.4 Å².